The molecule has 0 unspecified atom stereocenters. The van der Waals surface area contributed by atoms with Crippen LogP contribution < -0.4 is 15.6 Å². The molecular formula is C8H10O3. The molecule has 0 heterocycles. The largest absolute Gasteiger partial charge is 0.489 e. The predicted octanol–water partition coefficient (Wildman–Crippen LogP) is 0.244. The maximum absolute atomic E-state index is 10.8. The van der Waals surface area contributed by atoms with E-state index in [1.54, 1.807) is 6.92 Å². The Balaban J connectivity index is 2.98. The van der Waals surface area contributed by atoms with Crippen LogP contribution in [0.4, 0.5) is 0 Å². The van der Waals surface area contributed by atoms with Gasteiger partial charge in [-0.3, -0.25) is 9.59 Å². The summed E-state index contributed by atoms with van der Waals surface area (Å²) in [6.45, 7) is 4.06. The van der Waals surface area contributed by atoms with Gasteiger partial charge in [0.2, 0.25) is 5.43 Å². The van der Waals surface area contributed by atoms with E-state index in [2.05, 4.69) is 0 Å². The van der Waals surface area contributed by atoms with E-state index in [-0.39, 0.29) is 11.2 Å². The molecule has 0 aliphatic carbocycles. The Morgan fingerprint density at radius 1 is 1.18 bits per heavy atom. The lowest BCUT2D eigenvalue weighted by atomic mass is 10.1. The molecule has 0 amide bonds. The standard InChI is InChI=1S/C8H10O3/c1-3-5-6(9)7(10)8(5)11-4-2/h3-4H2,1-2H3. The zero-order valence-corrected chi connectivity index (χ0v) is 6.64. The Labute approximate surface area is 64.3 Å². The first-order valence-corrected chi connectivity index (χ1v) is 3.67. The van der Waals surface area contributed by atoms with Crippen molar-refractivity contribution in [3.63, 3.8) is 0 Å². The number of ether oxygens (including phenoxy) is 1. The molecular weight excluding hydrogens is 144 g/mol. The Morgan fingerprint density at radius 3 is 2.27 bits per heavy atom. The van der Waals surface area contributed by atoms with Crippen molar-refractivity contribution in [2.24, 2.45) is 0 Å². The minimum absolute atomic E-state index is 0.278. The highest BCUT2D eigenvalue weighted by Crippen LogP contribution is 2.10. The van der Waals surface area contributed by atoms with Crippen LogP contribution in [-0.4, -0.2) is 6.61 Å². The molecule has 11 heavy (non-hydrogen) atoms. The summed E-state index contributed by atoms with van der Waals surface area (Å²) >= 11 is 0. The zero-order valence-electron chi connectivity index (χ0n) is 6.64. The number of hydrogen-bond donors (Lipinski definition) is 0. The average Bonchev–Trinajstić information content (AvgIpc) is 2.04. The second-order valence-corrected chi connectivity index (χ2v) is 2.25. The highest BCUT2D eigenvalue weighted by Gasteiger charge is 2.19. The van der Waals surface area contributed by atoms with Crippen molar-refractivity contribution in [1.82, 2.24) is 0 Å². The second kappa shape index (κ2) is 2.86. The third-order valence-electron chi connectivity index (χ3n) is 1.60. The third-order valence-corrected chi connectivity index (χ3v) is 1.60. The Kier molecular flexibility index (Phi) is 2.08. The highest BCUT2D eigenvalue weighted by atomic mass is 16.5. The van der Waals surface area contributed by atoms with Crippen molar-refractivity contribution in [3.8, 4) is 5.75 Å². The van der Waals surface area contributed by atoms with Crippen LogP contribution in [0.3, 0.4) is 0 Å². The molecule has 0 saturated heterocycles. The Bertz CT molecular complexity index is 318. The summed E-state index contributed by atoms with van der Waals surface area (Å²) < 4.78 is 4.97. The molecule has 0 N–H and O–H groups in total. The molecule has 0 radical (unpaired) electrons. The molecule has 0 aliphatic heterocycles. The minimum atomic E-state index is -0.469. The van der Waals surface area contributed by atoms with E-state index in [0.717, 1.165) is 0 Å². The predicted molar refractivity (Wildman–Crippen MR) is 41.9 cm³/mol. The second-order valence-electron chi connectivity index (χ2n) is 2.25. The molecule has 0 bridgehead atoms. The summed E-state index contributed by atoms with van der Waals surface area (Å²) in [5, 5.41) is 0. The van der Waals surface area contributed by atoms with Gasteiger partial charge in [-0.05, 0) is 13.3 Å². The van der Waals surface area contributed by atoms with Crippen LogP contribution in [-0.2, 0) is 6.42 Å². The van der Waals surface area contributed by atoms with Gasteiger partial charge >= 0.3 is 0 Å². The monoisotopic (exact) mass is 154 g/mol. The lowest BCUT2D eigenvalue weighted by molar-refractivity contribution is 0.328. The van der Waals surface area contributed by atoms with Crippen molar-refractivity contribution in [1.29, 1.82) is 0 Å². The first kappa shape index (κ1) is 7.98. The van der Waals surface area contributed by atoms with Gasteiger partial charge in [0.15, 0.2) is 5.75 Å². The van der Waals surface area contributed by atoms with Crippen LogP contribution in [0.15, 0.2) is 9.59 Å². The number of rotatable bonds is 3. The molecule has 0 aliphatic rings. The van der Waals surface area contributed by atoms with Gasteiger partial charge in [0.1, 0.15) is 0 Å². The van der Waals surface area contributed by atoms with E-state index >= 15 is 0 Å². The molecule has 1 aromatic rings. The third kappa shape index (κ3) is 1.06. The average molecular weight is 154 g/mol. The summed E-state index contributed by atoms with van der Waals surface area (Å²) in [7, 11) is 0. The van der Waals surface area contributed by atoms with Gasteiger partial charge < -0.3 is 4.74 Å². The van der Waals surface area contributed by atoms with Crippen molar-refractivity contribution in [3.05, 3.63) is 26.0 Å². The van der Waals surface area contributed by atoms with Gasteiger partial charge in [-0.15, -0.1) is 0 Å². The Morgan fingerprint density at radius 2 is 1.82 bits per heavy atom. The molecule has 3 heteroatoms. The first-order chi connectivity index (χ1) is 5.22. The molecule has 0 saturated carbocycles. The maximum atomic E-state index is 10.8. The molecule has 1 rings (SSSR count). The van der Waals surface area contributed by atoms with E-state index in [4.69, 9.17) is 4.74 Å². The molecule has 3 nitrogen and oxygen atoms in total. The van der Waals surface area contributed by atoms with E-state index in [1.165, 1.54) is 0 Å². The molecule has 0 spiro atoms. The summed E-state index contributed by atoms with van der Waals surface area (Å²) in [6.07, 6.45) is 0.583. The van der Waals surface area contributed by atoms with E-state index in [0.29, 0.717) is 18.6 Å². The van der Waals surface area contributed by atoms with Crippen LogP contribution in [0, 0.1) is 0 Å². The summed E-state index contributed by atoms with van der Waals surface area (Å²) in [5.41, 5.74) is -0.309. The minimum Gasteiger partial charge on any atom is -0.489 e. The van der Waals surface area contributed by atoms with Gasteiger partial charge in [-0.1, -0.05) is 6.92 Å². The molecule has 0 aromatic heterocycles. The van der Waals surface area contributed by atoms with Crippen LogP contribution >= 0.6 is 0 Å². The normalized spacial score (nSPS) is 10.4. The maximum Gasteiger partial charge on any atom is 0.268 e. The van der Waals surface area contributed by atoms with Gasteiger partial charge in [0.05, 0.1) is 6.61 Å². The van der Waals surface area contributed by atoms with Crippen LogP contribution in [0.25, 0.3) is 0 Å². The molecule has 0 atom stereocenters. The van der Waals surface area contributed by atoms with E-state index in [1.807, 2.05) is 6.92 Å². The van der Waals surface area contributed by atoms with Crippen molar-refractivity contribution in [2.45, 2.75) is 20.3 Å². The van der Waals surface area contributed by atoms with Crippen molar-refractivity contribution < 1.29 is 4.74 Å². The van der Waals surface area contributed by atoms with Crippen LogP contribution in [0.5, 0.6) is 5.75 Å². The zero-order chi connectivity index (χ0) is 8.43. The van der Waals surface area contributed by atoms with Crippen molar-refractivity contribution >= 4 is 0 Å². The molecule has 60 valence electrons. The fraction of sp³-hybridized carbons (Fsp3) is 0.500. The van der Waals surface area contributed by atoms with Gasteiger partial charge in [-0.25, -0.2) is 0 Å². The lowest BCUT2D eigenvalue weighted by Crippen LogP contribution is -2.36. The topological polar surface area (TPSA) is 43.4 Å². The first-order valence-electron chi connectivity index (χ1n) is 3.67. The quantitative estimate of drug-likeness (QED) is 0.586. The summed E-state index contributed by atoms with van der Waals surface area (Å²) in [5.74, 6) is 0.278. The molecule has 0 fully saturated rings. The highest BCUT2D eigenvalue weighted by molar-refractivity contribution is 5.39. The smallest absolute Gasteiger partial charge is 0.268 e. The molecule has 1 aromatic carbocycles. The fourth-order valence-electron chi connectivity index (χ4n) is 1.04. The number of hydrogen-bond acceptors (Lipinski definition) is 3. The summed E-state index contributed by atoms with van der Waals surface area (Å²) in [6, 6.07) is 0. The van der Waals surface area contributed by atoms with Crippen LogP contribution in [0.2, 0.25) is 0 Å². The van der Waals surface area contributed by atoms with Gasteiger partial charge in [-0.2, -0.15) is 0 Å². The Hall–Kier alpha value is -1.12. The van der Waals surface area contributed by atoms with Crippen molar-refractivity contribution in [2.75, 3.05) is 6.61 Å². The lowest BCUT2D eigenvalue weighted by Gasteiger charge is -2.08. The van der Waals surface area contributed by atoms with Gasteiger partial charge in [0, 0.05) is 5.56 Å². The van der Waals surface area contributed by atoms with Crippen LogP contribution in [0.1, 0.15) is 19.4 Å². The fourth-order valence-corrected chi connectivity index (χ4v) is 1.04. The summed E-state index contributed by atoms with van der Waals surface area (Å²) in [4.78, 5) is 21.6. The van der Waals surface area contributed by atoms with E-state index < -0.39 is 5.43 Å². The SMILES string of the molecule is CCOc1c(CC)c(=O)c1=O. The van der Waals surface area contributed by atoms with Gasteiger partial charge in [0.25, 0.3) is 5.43 Å². The van der Waals surface area contributed by atoms with E-state index in [9.17, 15) is 9.59 Å².